The molecular formula is C26H32N4O4. The zero-order chi connectivity index (χ0) is 23.9. The van der Waals surface area contributed by atoms with Crippen molar-refractivity contribution in [2.75, 3.05) is 20.3 Å². The number of ether oxygens (including phenoxy) is 2. The number of H-pyrrole nitrogens is 1. The van der Waals surface area contributed by atoms with E-state index < -0.39 is 12.1 Å². The van der Waals surface area contributed by atoms with Crippen LogP contribution in [0.15, 0.2) is 42.6 Å². The van der Waals surface area contributed by atoms with Gasteiger partial charge in [0.2, 0.25) is 5.91 Å². The molecule has 2 heterocycles. The summed E-state index contributed by atoms with van der Waals surface area (Å²) < 4.78 is 10.5. The average Bonchev–Trinajstić information content (AvgIpc) is 3.32. The van der Waals surface area contributed by atoms with Crippen molar-refractivity contribution in [1.29, 1.82) is 0 Å². The van der Waals surface area contributed by atoms with E-state index in [-0.39, 0.29) is 11.9 Å². The Hall–Kier alpha value is -3.39. The van der Waals surface area contributed by atoms with E-state index >= 15 is 0 Å². The zero-order valence-electron chi connectivity index (χ0n) is 19.7. The van der Waals surface area contributed by atoms with Crippen LogP contribution < -0.4 is 10.6 Å². The van der Waals surface area contributed by atoms with Crippen LogP contribution in [0.25, 0.3) is 22.0 Å². The minimum Gasteiger partial charge on any atom is -0.453 e. The Kier molecular flexibility index (Phi) is 7.80. The summed E-state index contributed by atoms with van der Waals surface area (Å²) in [7, 11) is 1.29. The number of hydrogen-bond donors (Lipinski definition) is 3. The van der Waals surface area contributed by atoms with E-state index in [4.69, 9.17) is 9.47 Å². The van der Waals surface area contributed by atoms with E-state index in [2.05, 4.69) is 63.9 Å². The van der Waals surface area contributed by atoms with Gasteiger partial charge < -0.3 is 25.1 Å². The van der Waals surface area contributed by atoms with Gasteiger partial charge in [0.15, 0.2) is 0 Å². The Labute approximate surface area is 199 Å². The molecule has 1 fully saturated rings. The Morgan fingerprint density at radius 1 is 1.09 bits per heavy atom. The van der Waals surface area contributed by atoms with Gasteiger partial charge in [0.1, 0.15) is 11.9 Å². The summed E-state index contributed by atoms with van der Waals surface area (Å²) in [5.41, 5.74) is 3.13. The molecule has 0 aliphatic carbocycles. The van der Waals surface area contributed by atoms with Crippen molar-refractivity contribution in [3.63, 3.8) is 0 Å². The van der Waals surface area contributed by atoms with Gasteiger partial charge in [0, 0.05) is 18.8 Å². The number of fused-ring (bicyclic) bond motifs is 1. The van der Waals surface area contributed by atoms with Crippen LogP contribution in [0.3, 0.4) is 0 Å². The lowest BCUT2D eigenvalue weighted by atomic mass is 10.0. The van der Waals surface area contributed by atoms with Crippen molar-refractivity contribution in [1.82, 2.24) is 20.6 Å². The van der Waals surface area contributed by atoms with Gasteiger partial charge in [-0.3, -0.25) is 4.79 Å². The third kappa shape index (κ3) is 5.94. The van der Waals surface area contributed by atoms with E-state index in [1.54, 1.807) is 6.20 Å². The van der Waals surface area contributed by atoms with Crippen molar-refractivity contribution in [3.05, 3.63) is 54.0 Å². The fourth-order valence-electron chi connectivity index (χ4n) is 4.25. The molecule has 0 bridgehead atoms. The smallest absolute Gasteiger partial charge is 0.407 e. The van der Waals surface area contributed by atoms with Crippen LogP contribution in [0.1, 0.15) is 49.5 Å². The molecular weight excluding hydrogens is 432 g/mol. The normalized spacial score (nSPS) is 20.1. The molecule has 3 N–H and O–H groups in total. The van der Waals surface area contributed by atoms with Gasteiger partial charge in [0.25, 0.3) is 0 Å². The molecule has 0 spiro atoms. The quantitative estimate of drug-likeness (QED) is 0.533. The Morgan fingerprint density at radius 3 is 2.76 bits per heavy atom. The van der Waals surface area contributed by atoms with Crippen LogP contribution in [0, 0.1) is 6.92 Å². The topological polar surface area (TPSA) is 105 Å². The summed E-state index contributed by atoms with van der Waals surface area (Å²) in [6.45, 7) is 3.27. The molecule has 1 aliphatic heterocycles. The number of amides is 2. The van der Waals surface area contributed by atoms with Crippen molar-refractivity contribution >= 4 is 22.8 Å². The molecule has 4 rings (SSSR count). The van der Waals surface area contributed by atoms with E-state index in [0.29, 0.717) is 31.9 Å². The highest BCUT2D eigenvalue weighted by Crippen LogP contribution is 2.26. The lowest BCUT2D eigenvalue weighted by molar-refractivity contribution is -0.124. The number of methoxy groups -OCH3 is 1. The Bertz CT molecular complexity index is 1140. The minimum absolute atomic E-state index is 0.255. The van der Waals surface area contributed by atoms with Crippen LogP contribution in [-0.2, 0) is 14.3 Å². The maximum absolute atomic E-state index is 13.1. The maximum atomic E-state index is 13.1. The molecule has 8 nitrogen and oxygen atoms in total. The molecule has 2 atom stereocenters. The fourth-order valence-corrected chi connectivity index (χ4v) is 4.25. The molecule has 2 unspecified atom stereocenters. The average molecular weight is 465 g/mol. The van der Waals surface area contributed by atoms with E-state index in [1.807, 2.05) is 0 Å². The first-order chi connectivity index (χ1) is 16.5. The summed E-state index contributed by atoms with van der Waals surface area (Å²) in [6.07, 6.45) is 4.94. The standard InChI is InChI=1S/C26H32N4O4/c1-17-7-8-19-15-20(10-9-18(19)14-17)23-16-27-24(28-23)21-11-13-34-12-5-3-4-6-22(25(31)29-21)30-26(32)33-2/h7-10,14-16,21-22H,3-6,11-13H2,1-2H3,(H,27,28)(H,29,31)(H,30,32). The number of alkyl carbamates (subject to hydrolysis) is 1. The molecule has 2 amide bonds. The number of aromatic amines is 1. The maximum Gasteiger partial charge on any atom is 0.407 e. The molecule has 0 radical (unpaired) electrons. The highest BCUT2D eigenvalue weighted by atomic mass is 16.5. The van der Waals surface area contributed by atoms with Gasteiger partial charge in [-0.1, -0.05) is 48.7 Å². The summed E-state index contributed by atoms with van der Waals surface area (Å²) >= 11 is 0. The second-order valence-corrected chi connectivity index (χ2v) is 8.75. The van der Waals surface area contributed by atoms with Crippen molar-refractivity contribution in [2.45, 2.75) is 51.1 Å². The first-order valence-corrected chi connectivity index (χ1v) is 11.8. The second kappa shape index (κ2) is 11.2. The number of aromatic nitrogens is 2. The van der Waals surface area contributed by atoms with Gasteiger partial charge in [-0.05, 0) is 43.0 Å². The number of benzene rings is 2. The van der Waals surface area contributed by atoms with Gasteiger partial charge in [-0.2, -0.15) is 0 Å². The molecule has 1 aliphatic rings. The van der Waals surface area contributed by atoms with E-state index in [0.717, 1.165) is 35.9 Å². The monoisotopic (exact) mass is 464 g/mol. The van der Waals surface area contributed by atoms with Crippen LogP contribution in [0.2, 0.25) is 0 Å². The number of rotatable bonds is 3. The number of aryl methyl sites for hydroxylation is 1. The van der Waals surface area contributed by atoms with Crippen LogP contribution in [0.4, 0.5) is 4.79 Å². The summed E-state index contributed by atoms with van der Waals surface area (Å²) in [5.74, 6) is 0.403. The van der Waals surface area contributed by atoms with Crippen molar-refractivity contribution < 1.29 is 19.1 Å². The summed E-state index contributed by atoms with van der Waals surface area (Å²) in [6, 6.07) is 11.7. The largest absolute Gasteiger partial charge is 0.453 e. The lowest BCUT2D eigenvalue weighted by Gasteiger charge is -2.23. The number of carbonyl (C=O) groups excluding carboxylic acids is 2. The van der Waals surface area contributed by atoms with Gasteiger partial charge in [-0.25, -0.2) is 9.78 Å². The van der Waals surface area contributed by atoms with Crippen molar-refractivity contribution in [3.8, 4) is 11.3 Å². The molecule has 8 heteroatoms. The predicted octanol–water partition coefficient (Wildman–Crippen LogP) is 4.40. The van der Waals surface area contributed by atoms with Gasteiger partial charge in [-0.15, -0.1) is 0 Å². The molecule has 0 saturated carbocycles. The number of nitrogens with zero attached hydrogens (tertiary/aromatic N) is 1. The highest BCUT2D eigenvalue weighted by molar-refractivity contribution is 5.87. The van der Waals surface area contributed by atoms with E-state index in [1.165, 1.54) is 18.1 Å². The fraction of sp³-hybridized carbons (Fsp3) is 0.423. The second-order valence-electron chi connectivity index (χ2n) is 8.75. The number of nitrogens with one attached hydrogen (secondary N) is 3. The molecule has 180 valence electrons. The van der Waals surface area contributed by atoms with Gasteiger partial charge in [0.05, 0.1) is 25.0 Å². The Balaban J connectivity index is 1.55. The Morgan fingerprint density at radius 2 is 1.91 bits per heavy atom. The lowest BCUT2D eigenvalue weighted by Crippen LogP contribution is -2.48. The van der Waals surface area contributed by atoms with Crippen LogP contribution >= 0.6 is 0 Å². The molecule has 1 saturated heterocycles. The highest BCUT2D eigenvalue weighted by Gasteiger charge is 2.26. The first kappa shape index (κ1) is 23.8. The third-order valence-electron chi connectivity index (χ3n) is 6.18. The number of imidazole rings is 1. The first-order valence-electron chi connectivity index (χ1n) is 11.8. The van der Waals surface area contributed by atoms with Gasteiger partial charge >= 0.3 is 6.09 Å². The summed E-state index contributed by atoms with van der Waals surface area (Å²) in [4.78, 5) is 32.8. The molecule has 1 aromatic heterocycles. The van der Waals surface area contributed by atoms with Crippen molar-refractivity contribution in [2.24, 2.45) is 0 Å². The minimum atomic E-state index is -0.659. The number of hydrogen-bond acceptors (Lipinski definition) is 5. The van der Waals surface area contributed by atoms with E-state index in [9.17, 15) is 9.59 Å². The number of carbonyl (C=O) groups is 2. The third-order valence-corrected chi connectivity index (χ3v) is 6.18. The summed E-state index contributed by atoms with van der Waals surface area (Å²) in [5, 5.41) is 8.05. The zero-order valence-corrected chi connectivity index (χ0v) is 19.7. The SMILES string of the molecule is COC(=O)NC1CCCCCOCCC(c2ncc(-c3ccc4cc(C)ccc4c3)[nH]2)NC1=O. The van der Waals surface area contributed by atoms with Crippen LogP contribution in [0.5, 0.6) is 0 Å². The molecule has 34 heavy (non-hydrogen) atoms. The molecule has 3 aromatic rings. The van der Waals surface area contributed by atoms with Crippen LogP contribution in [-0.4, -0.2) is 48.3 Å². The predicted molar refractivity (Wildman–Crippen MR) is 130 cm³/mol. The molecule has 2 aromatic carbocycles.